The van der Waals surface area contributed by atoms with E-state index in [0.29, 0.717) is 29.2 Å². The summed E-state index contributed by atoms with van der Waals surface area (Å²) in [7, 11) is 0. The highest BCUT2D eigenvalue weighted by Crippen LogP contribution is 2.55. The first-order valence-corrected chi connectivity index (χ1v) is 10.7. The van der Waals surface area contributed by atoms with E-state index in [1.54, 1.807) is 6.20 Å². The Morgan fingerprint density at radius 1 is 1.28 bits per heavy atom. The van der Waals surface area contributed by atoms with Crippen molar-refractivity contribution in [3.8, 4) is 0 Å². The molecule has 1 aromatic rings. The van der Waals surface area contributed by atoms with Crippen molar-refractivity contribution in [1.29, 1.82) is 0 Å². The van der Waals surface area contributed by atoms with E-state index in [1.807, 2.05) is 6.26 Å². The molecule has 1 amide bonds. The first-order chi connectivity index (χ1) is 12.0. The van der Waals surface area contributed by atoms with Gasteiger partial charge in [-0.1, -0.05) is 11.8 Å². The SMILES string of the molecule is CSc1ncc(C(=O)NC2[C@@H]3CC4C[C@H]2CC(O)(C4)C3)c(C2CC2)n1. The van der Waals surface area contributed by atoms with E-state index in [2.05, 4.69) is 15.3 Å². The van der Waals surface area contributed by atoms with E-state index >= 15 is 0 Å². The standard InChI is InChI=1S/C19H25N3O2S/c1-25-18-20-9-14(16(22-18)11-2-3-11)17(23)21-15-12-4-10-5-13(15)8-19(24,6-10)7-12/h9-13,15,24H,2-8H2,1H3,(H,21,23)/t10?,12-,13+,15?,19?. The molecular formula is C19H25N3O2S. The number of carbonyl (C=O) groups is 1. The van der Waals surface area contributed by atoms with Gasteiger partial charge >= 0.3 is 0 Å². The maximum atomic E-state index is 13.0. The van der Waals surface area contributed by atoms with Crippen LogP contribution in [-0.2, 0) is 0 Å². The molecule has 5 saturated carbocycles. The number of aliphatic hydroxyl groups is 1. The third kappa shape index (κ3) is 2.78. The zero-order valence-electron chi connectivity index (χ0n) is 14.6. The van der Waals surface area contributed by atoms with Gasteiger partial charge in [0, 0.05) is 18.2 Å². The van der Waals surface area contributed by atoms with E-state index < -0.39 is 5.60 Å². The Hall–Kier alpha value is -1.14. The van der Waals surface area contributed by atoms with Crippen LogP contribution in [-0.4, -0.2) is 38.9 Å². The molecule has 0 radical (unpaired) electrons. The maximum absolute atomic E-state index is 13.0. The van der Waals surface area contributed by atoms with Crippen LogP contribution >= 0.6 is 11.8 Å². The summed E-state index contributed by atoms with van der Waals surface area (Å²) in [4.78, 5) is 22.0. The monoisotopic (exact) mass is 359 g/mol. The summed E-state index contributed by atoms with van der Waals surface area (Å²) in [5.74, 6) is 1.92. The fraction of sp³-hybridized carbons (Fsp3) is 0.737. The lowest BCUT2D eigenvalue weighted by molar-refractivity contribution is -0.136. The summed E-state index contributed by atoms with van der Waals surface area (Å²) in [6.45, 7) is 0. The Labute approximate surface area is 152 Å². The third-order valence-electron chi connectivity index (χ3n) is 6.73. The van der Waals surface area contributed by atoms with Crippen molar-refractivity contribution in [3.63, 3.8) is 0 Å². The highest BCUT2D eigenvalue weighted by molar-refractivity contribution is 7.98. The van der Waals surface area contributed by atoms with Crippen LogP contribution in [0.25, 0.3) is 0 Å². The van der Waals surface area contributed by atoms with Crippen molar-refractivity contribution < 1.29 is 9.90 Å². The summed E-state index contributed by atoms with van der Waals surface area (Å²) in [5.41, 5.74) is 1.13. The molecule has 25 heavy (non-hydrogen) atoms. The summed E-state index contributed by atoms with van der Waals surface area (Å²) in [5, 5.41) is 14.8. The summed E-state index contributed by atoms with van der Waals surface area (Å²) < 4.78 is 0. The van der Waals surface area contributed by atoms with Crippen molar-refractivity contribution in [2.75, 3.05) is 6.26 Å². The highest BCUT2D eigenvalue weighted by Gasteiger charge is 2.55. The van der Waals surface area contributed by atoms with Crippen LogP contribution in [0.1, 0.15) is 66.9 Å². The number of nitrogens with one attached hydrogen (secondary N) is 1. The lowest BCUT2D eigenvalue weighted by Gasteiger charge is -2.58. The lowest BCUT2D eigenvalue weighted by atomic mass is 9.52. The minimum Gasteiger partial charge on any atom is -0.390 e. The minimum atomic E-state index is -0.458. The predicted octanol–water partition coefficient (Wildman–Crippen LogP) is 2.75. The molecule has 6 heteroatoms. The number of hydrogen-bond acceptors (Lipinski definition) is 5. The molecule has 4 bridgehead atoms. The first-order valence-electron chi connectivity index (χ1n) is 9.49. The number of carbonyl (C=O) groups excluding carboxylic acids is 1. The van der Waals surface area contributed by atoms with E-state index in [1.165, 1.54) is 11.8 Å². The number of aromatic nitrogens is 2. The van der Waals surface area contributed by atoms with Crippen molar-refractivity contribution in [2.24, 2.45) is 17.8 Å². The largest absolute Gasteiger partial charge is 0.390 e. The zero-order valence-corrected chi connectivity index (χ0v) is 15.4. The molecule has 3 unspecified atom stereocenters. The van der Waals surface area contributed by atoms with Gasteiger partial charge in [-0.15, -0.1) is 0 Å². The normalized spacial score (nSPS) is 38.8. The first kappa shape index (κ1) is 16.1. The van der Waals surface area contributed by atoms with Crippen LogP contribution in [0.15, 0.2) is 11.4 Å². The van der Waals surface area contributed by atoms with E-state index in [0.717, 1.165) is 55.8 Å². The molecule has 0 spiro atoms. The summed E-state index contributed by atoms with van der Waals surface area (Å²) >= 11 is 1.52. The summed E-state index contributed by atoms with van der Waals surface area (Å²) in [6.07, 6.45) is 10.9. The summed E-state index contributed by atoms with van der Waals surface area (Å²) in [6, 6.07) is 0.205. The number of rotatable bonds is 4. The average Bonchev–Trinajstić information content (AvgIpc) is 3.41. The third-order valence-corrected chi connectivity index (χ3v) is 7.29. The molecule has 5 fully saturated rings. The van der Waals surface area contributed by atoms with Crippen molar-refractivity contribution in [2.45, 2.75) is 67.7 Å². The van der Waals surface area contributed by atoms with Crippen molar-refractivity contribution in [1.82, 2.24) is 15.3 Å². The quantitative estimate of drug-likeness (QED) is 0.639. The van der Waals surface area contributed by atoms with Crippen molar-refractivity contribution >= 4 is 17.7 Å². The molecule has 1 heterocycles. The molecule has 0 aromatic carbocycles. The highest BCUT2D eigenvalue weighted by atomic mass is 32.2. The van der Waals surface area contributed by atoms with Crippen LogP contribution in [0.5, 0.6) is 0 Å². The molecule has 0 aliphatic heterocycles. The van der Waals surface area contributed by atoms with E-state index in [-0.39, 0.29) is 11.9 Å². The number of nitrogens with zero attached hydrogens (tertiary/aromatic N) is 2. The van der Waals surface area contributed by atoms with E-state index in [9.17, 15) is 9.90 Å². The van der Waals surface area contributed by atoms with Gasteiger partial charge < -0.3 is 10.4 Å². The van der Waals surface area contributed by atoms with Gasteiger partial charge in [-0.2, -0.15) is 0 Å². The predicted molar refractivity (Wildman–Crippen MR) is 95.5 cm³/mol. The molecule has 5 atom stereocenters. The van der Waals surface area contributed by atoms with Gasteiger partial charge in [0.2, 0.25) is 0 Å². The Balaban J connectivity index is 1.38. The van der Waals surface area contributed by atoms with Gasteiger partial charge in [0.25, 0.3) is 5.91 Å². The van der Waals surface area contributed by atoms with Crippen LogP contribution in [0.3, 0.4) is 0 Å². The maximum Gasteiger partial charge on any atom is 0.254 e. The second-order valence-electron chi connectivity index (χ2n) is 8.62. The van der Waals surface area contributed by atoms with Crippen molar-refractivity contribution in [3.05, 3.63) is 17.5 Å². The van der Waals surface area contributed by atoms with E-state index in [4.69, 9.17) is 0 Å². The Kier molecular flexibility index (Phi) is 3.65. The van der Waals surface area contributed by atoms with Gasteiger partial charge in [-0.25, -0.2) is 9.97 Å². The molecule has 0 saturated heterocycles. The topological polar surface area (TPSA) is 75.1 Å². The number of thioether (sulfide) groups is 1. The Morgan fingerprint density at radius 3 is 2.60 bits per heavy atom. The van der Waals surface area contributed by atoms with Crippen LogP contribution in [0.4, 0.5) is 0 Å². The van der Waals surface area contributed by atoms with Gasteiger partial charge in [-0.05, 0) is 69.0 Å². The number of amides is 1. The van der Waals surface area contributed by atoms with Crippen LogP contribution in [0, 0.1) is 17.8 Å². The molecule has 5 nitrogen and oxygen atoms in total. The molecule has 1 aromatic heterocycles. The smallest absolute Gasteiger partial charge is 0.254 e. The number of hydrogen-bond donors (Lipinski definition) is 2. The molecule has 2 N–H and O–H groups in total. The Morgan fingerprint density at radius 2 is 2.00 bits per heavy atom. The molecule has 6 rings (SSSR count). The zero-order chi connectivity index (χ0) is 17.2. The minimum absolute atomic E-state index is 0.0148. The Bertz CT molecular complexity index is 705. The average molecular weight is 359 g/mol. The van der Waals surface area contributed by atoms with Gasteiger partial charge in [0.1, 0.15) is 0 Å². The second-order valence-corrected chi connectivity index (χ2v) is 9.40. The molecule has 5 aliphatic rings. The fourth-order valence-corrected chi connectivity index (χ4v) is 6.11. The van der Waals surface area contributed by atoms with Crippen LogP contribution in [0.2, 0.25) is 0 Å². The molecule has 134 valence electrons. The van der Waals surface area contributed by atoms with Gasteiger partial charge in [0.15, 0.2) is 5.16 Å². The second kappa shape index (κ2) is 5.68. The van der Waals surface area contributed by atoms with Gasteiger partial charge in [-0.3, -0.25) is 4.79 Å². The fourth-order valence-electron chi connectivity index (χ4n) is 5.77. The van der Waals surface area contributed by atoms with Crippen LogP contribution < -0.4 is 5.32 Å². The molecule has 5 aliphatic carbocycles. The molecular weight excluding hydrogens is 334 g/mol. The van der Waals surface area contributed by atoms with Gasteiger partial charge in [0.05, 0.1) is 16.9 Å². The lowest BCUT2D eigenvalue weighted by Crippen LogP contribution is -2.61.